The van der Waals surface area contributed by atoms with Gasteiger partial charge in [-0.15, -0.1) is 0 Å². The van der Waals surface area contributed by atoms with Crippen LogP contribution in [-0.2, 0) is 4.74 Å². The molecule has 0 aliphatic rings. The summed E-state index contributed by atoms with van der Waals surface area (Å²) in [5.41, 5.74) is 0.582. The van der Waals surface area contributed by atoms with Crippen molar-refractivity contribution in [3.63, 3.8) is 0 Å². The van der Waals surface area contributed by atoms with Crippen LogP contribution in [0.2, 0.25) is 0 Å². The molecule has 1 heterocycles. The fraction of sp³-hybridized carbons (Fsp3) is 0.571. The average molecular weight is 265 g/mol. The van der Waals surface area contributed by atoms with E-state index >= 15 is 0 Å². The number of nitrogens with zero attached hydrogens (tertiary/aromatic N) is 1. The standard InChI is InChI=1S/C14H23N3O2/c1-3-4-8-15-13-7-6-12(11-17-13)14(18)16-9-5-10-19-2/h6-7,11H,3-5,8-10H2,1-2H3,(H,15,17)(H,16,18). The van der Waals surface area contributed by atoms with E-state index in [4.69, 9.17) is 4.74 Å². The number of carbonyl (C=O) groups excluding carboxylic acids is 1. The van der Waals surface area contributed by atoms with E-state index < -0.39 is 0 Å². The summed E-state index contributed by atoms with van der Waals surface area (Å²) in [4.78, 5) is 16.0. The van der Waals surface area contributed by atoms with Gasteiger partial charge >= 0.3 is 0 Å². The van der Waals surface area contributed by atoms with Crippen LogP contribution in [0.3, 0.4) is 0 Å². The molecule has 0 atom stereocenters. The maximum atomic E-state index is 11.8. The normalized spacial score (nSPS) is 10.2. The van der Waals surface area contributed by atoms with Gasteiger partial charge in [-0.05, 0) is 25.0 Å². The van der Waals surface area contributed by atoms with Crippen LogP contribution in [0.15, 0.2) is 18.3 Å². The van der Waals surface area contributed by atoms with Gasteiger partial charge in [0, 0.05) is 33.0 Å². The quantitative estimate of drug-likeness (QED) is 0.671. The van der Waals surface area contributed by atoms with Gasteiger partial charge in [-0.3, -0.25) is 4.79 Å². The minimum absolute atomic E-state index is 0.0938. The summed E-state index contributed by atoms with van der Waals surface area (Å²) in [6.45, 7) is 4.32. The fourth-order valence-corrected chi connectivity index (χ4v) is 1.55. The number of amides is 1. The van der Waals surface area contributed by atoms with Crippen molar-refractivity contribution >= 4 is 11.7 Å². The SMILES string of the molecule is CCCCNc1ccc(C(=O)NCCCOC)cn1. The largest absolute Gasteiger partial charge is 0.385 e. The summed E-state index contributed by atoms with van der Waals surface area (Å²) < 4.78 is 4.92. The Labute approximate surface area is 114 Å². The Hall–Kier alpha value is -1.62. The molecule has 19 heavy (non-hydrogen) atoms. The van der Waals surface area contributed by atoms with Gasteiger partial charge in [0.2, 0.25) is 0 Å². The Kier molecular flexibility index (Phi) is 7.58. The van der Waals surface area contributed by atoms with Crippen molar-refractivity contribution in [1.82, 2.24) is 10.3 Å². The Balaban J connectivity index is 2.35. The van der Waals surface area contributed by atoms with Gasteiger partial charge in [-0.2, -0.15) is 0 Å². The monoisotopic (exact) mass is 265 g/mol. The van der Waals surface area contributed by atoms with Gasteiger partial charge in [0.25, 0.3) is 5.91 Å². The Bertz CT molecular complexity index is 365. The summed E-state index contributed by atoms with van der Waals surface area (Å²) >= 11 is 0. The molecular formula is C14H23N3O2. The van der Waals surface area contributed by atoms with Crippen molar-refractivity contribution in [2.45, 2.75) is 26.2 Å². The van der Waals surface area contributed by atoms with Gasteiger partial charge < -0.3 is 15.4 Å². The number of rotatable bonds is 9. The van der Waals surface area contributed by atoms with E-state index in [0.29, 0.717) is 18.7 Å². The molecule has 0 aliphatic heterocycles. The molecule has 1 amide bonds. The molecule has 0 aliphatic carbocycles. The zero-order valence-corrected chi connectivity index (χ0v) is 11.7. The van der Waals surface area contributed by atoms with Crippen LogP contribution >= 0.6 is 0 Å². The van der Waals surface area contributed by atoms with E-state index in [2.05, 4.69) is 22.5 Å². The van der Waals surface area contributed by atoms with Gasteiger partial charge in [-0.25, -0.2) is 4.98 Å². The molecule has 2 N–H and O–H groups in total. The highest BCUT2D eigenvalue weighted by molar-refractivity contribution is 5.93. The fourth-order valence-electron chi connectivity index (χ4n) is 1.55. The van der Waals surface area contributed by atoms with Crippen LogP contribution in [0.4, 0.5) is 5.82 Å². The third-order valence-electron chi connectivity index (χ3n) is 2.67. The predicted molar refractivity (Wildman–Crippen MR) is 76.5 cm³/mol. The highest BCUT2D eigenvalue weighted by Gasteiger charge is 2.05. The number of ether oxygens (including phenoxy) is 1. The van der Waals surface area contributed by atoms with Crippen molar-refractivity contribution in [1.29, 1.82) is 0 Å². The first-order chi connectivity index (χ1) is 9.27. The number of hydrogen-bond donors (Lipinski definition) is 2. The van der Waals surface area contributed by atoms with Gasteiger partial charge in [0.15, 0.2) is 0 Å². The topological polar surface area (TPSA) is 63.2 Å². The molecule has 0 saturated heterocycles. The smallest absolute Gasteiger partial charge is 0.252 e. The van der Waals surface area contributed by atoms with Crippen LogP contribution in [0.25, 0.3) is 0 Å². The molecular weight excluding hydrogens is 242 g/mol. The number of anilines is 1. The third-order valence-corrected chi connectivity index (χ3v) is 2.67. The van der Waals surface area contributed by atoms with E-state index in [1.165, 1.54) is 0 Å². The maximum Gasteiger partial charge on any atom is 0.252 e. The molecule has 0 bridgehead atoms. The van der Waals surface area contributed by atoms with Crippen molar-refractivity contribution in [2.24, 2.45) is 0 Å². The Morgan fingerprint density at radius 1 is 1.32 bits per heavy atom. The molecule has 0 radical (unpaired) electrons. The van der Waals surface area contributed by atoms with Crippen LogP contribution in [0.5, 0.6) is 0 Å². The second kappa shape index (κ2) is 9.33. The highest BCUT2D eigenvalue weighted by atomic mass is 16.5. The van der Waals surface area contributed by atoms with E-state index in [-0.39, 0.29) is 5.91 Å². The van der Waals surface area contributed by atoms with Crippen LogP contribution < -0.4 is 10.6 Å². The van der Waals surface area contributed by atoms with Crippen molar-refractivity contribution in [3.8, 4) is 0 Å². The second-order valence-corrected chi connectivity index (χ2v) is 4.31. The third kappa shape index (κ3) is 6.20. The van der Waals surface area contributed by atoms with Crippen molar-refractivity contribution < 1.29 is 9.53 Å². The first-order valence-corrected chi connectivity index (χ1v) is 6.75. The number of carbonyl (C=O) groups is 1. The number of hydrogen-bond acceptors (Lipinski definition) is 4. The number of pyridine rings is 1. The van der Waals surface area contributed by atoms with Crippen molar-refractivity contribution in [3.05, 3.63) is 23.9 Å². The van der Waals surface area contributed by atoms with E-state index in [1.807, 2.05) is 6.07 Å². The van der Waals surface area contributed by atoms with Gasteiger partial charge in [0.1, 0.15) is 5.82 Å². The predicted octanol–water partition coefficient (Wildman–Crippen LogP) is 2.06. The van der Waals surface area contributed by atoms with E-state index in [9.17, 15) is 4.79 Å². The summed E-state index contributed by atoms with van der Waals surface area (Å²) in [7, 11) is 1.65. The number of unbranched alkanes of at least 4 members (excludes halogenated alkanes) is 1. The maximum absolute atomic E-state index is 11.8. The molecule has 1 rings (SSSR count). The molecule has 0 fully saturated rings. The summed E-state index contributed by atoms with van der Waals surface area (Å²) in [6, 6.07) is 3.62. The zero-order valence-electron chi connectivity index (χ0n) is 11.7. The summed E-state index contributed by atoms with van der Waals surface area (Å²) in [5.74, 6) is 0.716. The van der Waals surface area contributed by atoms with Crippen LogP contribution in [0, 0.1) is 0 Å². The van der Waals surface area contributed by atoms with Crippen LogP contribution in [-0.4, -0.2) is 37.7 Å². The molecule has 1 aromatic heterocycles. The van der Waals surface area contributed by atoms with E-state index in [0.717, 1.165) is 31.6 Å². The lowest BCUT2D eigenvalue weighted by Gasteiger charge is -2.07. The number of aromatic nitrogens is 1. The molecule has 5 heteroatoms. The lowest BCUT2D eigenvalue weighted by molar-refractivity contribution is 0.0948. The molecule has 5 nitrogen and oxygen atoms in total. The lowest BCUT2D eigenvalue weighted by atomic mass is 10.2. The highest BCUT2D eigenvalue weighted by Crippen LogP contribution is 2.05. The summed E-state index contributed by atoms with van der Waals surface area (Å²) in [5, 5.41) is 6.04. The Morgan fingerprint density at radius 2 is 2.16 bits per heavy atom. The molecule has 0 unspecified atom stereocenters. The molecule has 0 aromatic carbocycles. The number of nitrogens with one attached hydrogen (secondary N) is 2. The first-order valence-electron chi connectivity index (χ1n) is 6.75. The lowest BCUT2D eigenvalue weighted by Crippen LogP contribution is -2.25. The molecule has 1 aromatic rings. The average Bonchev–Trinajstić information content (AvgIpc) is 2.44. The van der Waals surface area contributed by atoms with Gasteiger partial charge in [0.05, 0.1) is 5.56 Å². The summed E-state index contributed by atoms with van der Waals surface area (Å²) in [6.07, 6.45) is 4.67. The molecule has 0 spiro atoms. The second-order valence-electron chi connectivity index (χ2n) is 4.31. The van der Waals surface area contributed by atoms with E-state index in [1.54, 1.807) is 19.4 Å². The molecule has 0 saturated carbocycles. The Morgan fingerprint density at radius 3 is 2.79 bits per heavy atom. The minimum Gasteiger partial charge on any atom is -0.385 e. The van der Waals surface area contributed by atoms with Crippen LogP contribution in [0.1, 0.15) is 36.5 Å². The minimum atomic E-state index is -0.0938. The van der Waals surface area contributed by atoms with Gasteiger partial charge in [-0.1, -0.05) is 13.3 Å². The zero-order chi connectivity index (χ0) is 13.9. The molecule has 106 valence electrons. The van der Waals surface area contributed by atoms with Crippen molar-refractivity contribution in [2.75, 3.05) is 32.1 Å². The first kappa shape index (κ1) is 15.4. The number of methoxy groups -OCH3 is 1.